The van der Waals surface area contributed by atoms with Crippen molar-refractivity contribution < 1.29 is 14.3 Å². The van der Waals surface area contributed by atoms with E-state index in [1.807, 2.05) is 11.8 Å². The van der Waals surface area contributed by atoms with Gasteiger partial charge in [0.15, 0.2) is 0 Å². The second-order valence-corrected chi connectivity index (χ2v) is 4.81. The van der Waals surface area contributed by atoms with Crippen LogP contribution in [0.25, 0.3) is 0 Å². The van der Waals surface area contributed by atoms with Crippen LogP contribution in [0.3, 0.4) is 0 Å². The van der Waals surface area contributed by atoms with Gasteiger partial charge in [-0.15, -0.1) is 5.10 Å². The van der Waals surface area contributed by atoms with Crippen LogP contribution in [-0.2, 0) is 16.1 Å². The molecule has 1 unspecified atom stereocenters. The number of carbonyl (C=O) groups is 2. The lowest BCUT2D eigenvalue weighted by Gasteiger charge is -2.33. The maximum atomic E-state index is 12.3. The minimum absolute atomic E-state index is 0.0362. The number of ether oxygens (including phenoxy) is 1. The molecule has 0 radical (unpaired) electrons. The first kappa shape index (κ1) is 14.4. The number of hydrogen-bond acceptors (Lipinski definition) is 6. The first-order chi connectivity index (χ1) is 9.63. The van der Waals surface area contributed by atoms with Crippen LogP contribution in [0.5, 0.6) is 0 Å². The van der Waals surface area contributed by atoms with E-state index in [0.717, 1.165) is 25.8 Å². The molecule has 2 heterocycles. The van der Waals surface area contributed by atoms with Gasteiger partial charge in [0.05, 0.1) is 6.61 Å². The van der Waals surface area contributed by atoms with Crippen molar-refractivity contribution in [3.63, 3.8) is 0 Å². The van der Waals surface area contributed by atoms with E-state index in [9.17, 15) is 9.59 Å². The Morgan fingerprint density at radius 3 is 2.90 bits per heavy atom. The van der Waals surface area contributed by atoms with E-state index in [0.29, 0.717) is 0 Å². The second kappa shape index (κ2) is 6.44. The van der Waals surface area contributed by atoms with Crippen molar-refractivity contribution in [3.05, 3.63) is 5.82 Å². The summed E-state index contributed by atoms with van der Waals surface area (Å²) in [5.74, 6) is -0.725. The van der Waals surface area contributed by atoms with E-state index in [2.05, 4.69) is 15.5 Å². The Morgan fingerprint density at radius 1 is 1.40 bits per heavy atom. The number of aromatic nitrogens is 4. The van der Waals surface area contributed by atoms with Crippen LogP contribution >= 0.6 is 0 Å². The van der Waals surface area contributed by atoms with Crippen LogP contribution in [-0.4, -0.2) is 56.2 Å². The smallest absolute Gasteiger partial charge is 0.378 e. The number of carbonyl (C=O) groups excluding carboxylic acids is 2. The quantitative estimate of drug-likeness (QED) is 0.735. The monoisotopic (exact) mass is 281 g/mol. The topological polar surface area (TPSA) is 90.2 Å². The van der Waals surface area contributed by atoms with Crippen LogP contribution in [0.4, 0.5) is 0 Å². The molecule has 20 heavy (non-hydrogen) atoms. The summed E-state index contributed by atoms with van der Waals surface area (Å²) < 4.78 is 6.04. The van der Waals surface area contributed by atoms with Gasteiger partial charge in [0.25, 0.3) is 5.82 Å². The third-order valence-electron chi connectivity index (χ3n) is 3.40. The number of tetrazole rings is 1. The van der Waals surface area contributed by atoms with E-state index in [4.69, 9.17) is 4.74 Å². The minimum atomic E-state index is -0.614. The Morgan fingerprint density at radius 2 is 2.20 bits per heavy atom. The molecule has 0 saturated carbocycles. The Balaban J connectivity index is 2.04. The van der Waals surface area contributed by atoms with Gasteiger partial charge in [-0.3, -0.25) is 4.79 Å². The van der Waals surface area contributed by atoms with Gasteiger partial charge in [-0.2, -0.15) is 0 Å². The summed E-state index contributed by atoms with van der Waals surface area (Å²) in [7, 11) is 0. The highest BCUT2D eigenvalue weighted by Crippen LogP contribution is 2.16. The van der Waals surface area contributed by atoms with Gasteiger partial charge >= 0.3 is 5.97 Å². The van der Waals surface area contributed by atoms with Crippen molar-refractivity contribution in [2.45, 2.75) is 45.7 Å². The van der Waals surface area contributed by atoms with E-state index >= 15 is 0 Å². The molecule has 2 rings (SSSR count). The van der Waals surface area contributed by atoms with Crippen molar-refractivity contribution in [3.8, 4) is 0 Å². The van der Waals surface area contributed by atoms with Crippen molar-refractivity contribution in [1.82, 2.24) is 25.1 Å². The number of likely N-dealkylation sites (tertiary alicyclic amines) is 1. The number of nitrogens with zero attached hydrogens (tertiary/aromatic N) is 5. The molecule has 0 aliphatic carbocycles. The molecule has 0 bridgehead atoms. The van der Waals surface area contributed by atoms with Crippen molar-refractivity contribution >= 4 is 11.9 Å². The second-order valence-electron chi connectivity index (χ2n) is 4.81. The predicted molar refractivity (Wildman–Crippen MR) is 68.8 cm³/mol. The van der Waals surface area contributed by atoms with Gasteiger partial charge in [0, 0.05) is 12.6 Å². The molecule has 110 valence electrons. The molecule has 8 heteroatoms. The maximum absolute atomic E-state index is 12.3. The number of hydrogen-bond donors (Lipinski definition) is 0. The number of rotatable bonds is 4. The van der Waals surface area contributed by atoms with E-state index in [-0.39, 0.29) is 30.9 Å². The van der Waals surface area contributed by atoms with Gasteiger partial charge in [-0.25, -0.2) is 9.48 Å². The first-order valence-electron chi connectivity index (χ1n) is 6.86. The summed E-state index contributed by atoms with van der Waals surface area (Å²) in [6.45, 7) is 4.68. The van der Waals surface area contributed by atoms with Crippen molar-refractivity contribution in [1.29, 1.82) is 0 Å². The largest absolute Gasteiger partial charge is 0.460 e. The van der Waals surface area contributed by atoms with E-state index in [1.54, 1.807) is 6.92 Å². The molecule has 8 nitrogen and oxygen atoms in total. The van der Waals surface area contributed by atoms with Gasteiger partial charge in [0.1, 0.15) is 6.54 Å². The number of esters is 1. The van der Waals surface area contributed by atoms with Gasteiger partial charge in [0.2, 0.25) is 5.91 Å². The average Bonchev–Trinajstić information content (AvgIpc) is 2.87. The summed E-state index contributed by atoms with van der Waals surface area (Å²) in [5.41, 5.74) is 0. The average molecular weight is 281 g/mol. The Bertz CT molecular complexity index is 487. The standard InChI is InChI=1S/C12H19N5O3/c1-3-20-12(19)11-13-14-15-17(11)8-10(18)16-7-5-4-6-9(16)2/h9H,3-8H2,1-2H3. The van der Waals surface area contributed by atoms with Crippen LogP contribution in [0.2, 0.25) is 0 Å². The summed E-state index contributed by atoms with van der Waals surface area (Å²) >= 11 is 0. The zero-order valence-electron chi connectivity index (χ0n) is 11.8. The highest BCUT2D eigenvalue weighted by atomic mass is 16.5. The fraction of sp³-hybridized carbons (Fsp3) is 0.750. The van der Waals surface area contributed by atoms with Crippen molar-refractivity contribution in [2.24, 2.45) is 0 Å². The zero-order chi connectivity index (χ0) is 14.5. The normalized spacial score (nSPS) is 18.9. The predicted octanol–water partition coefficient (Wildman–Crippen LogP) is 0.251. The highest BCUT2D eigenvalue weighted by molar-refractivity contribution is 5.86. The van der Waals surface area contributed by atoms with Gasteiger partial charge < -0.3 is 9.64 Å². The summed E-state index contributed by atoms with van der Waals surface area (Å²) in [6.07, 6.45) is 3.16. The van der Waals surface area contributed by atoms with Gasteiger partial charge in [-0.05, 0) is 43.5 Å². The molecule has 1 aromatic rings. The van der Waals surface area contributed by atoms with Crippen molar-refractivity contribution in [2.75, 3.05) is 13.2 Å². The molecule has 1 saturated heterocycles. The molecule has 1 aliphatic rings. The molecule has 0 spiro atoms. The fourth-order valence-corrected chi connectivity index (χ4v) is 2.34. The fourth-order valence-electron chi connectivity index (χ4n) is 2.34. The lowest BCUT2D eigenvalue weighted by Crippen LogP contribution is -2.44. The summed E-state index contributed by atoms with van der Waals surface area (Å²) in [5, 5.41) is 10.7. The molecule has 0 N–H and O–H groups in total. The lowest BCUT2D eigenvalue weighted by atomic mass is 10.0. The third kappa shape index (κ3) is 3.12. The third-order valence-corrected chi connectivity index (χ3v) is 3.40. The van der Waals surface area contributed by atoms with Crippen LogP contribution in [0.1, 0.15) is 43.7 Å². The zero-order valence-corrected chi connectivity index (χ0v) is 11.8. The molecular formula is C12H19N5O3. The first-order valence-corrected chi connectivity index (χ1v) is 6.86. The van der Waals surface area contributed by atoms with E-state index in [1.165, 1.54) is 4.68 Å². The SMILES string of the molecule is CCOC(=O)c1nnnn1CC(=O)N1CCCCC1C. The molecule has 0 aromatic carbocycles. The highest BCUT2D eigenvalue weighted by Gasteiger charge is 2.25. The summed E-state index contributed by atoms with van der Waals surface area (Å²) in [6, 6.07) is 0.221. The lowest BCUT2D eigenvalue weighted by molar-refractivity contribution is -0.135. The molecule has 1 aromatic heterocycles. The molecule has 1 amide bonds. The Hall–Kier alpha value is -1.99. The molecule has 1 fully saturated rings. The van der Waals surface area contributed by atoms with Crippen LogP contribution in [0, 0.1) is 0 Å². The van der Waals surface area contributed by atoms with Gasteiger partial charge in [-0.1, -0.05) is 0 Å². The number of amides is 1. The molecular weight excluding hydrogens is 262 g/mol. The maximum Gasteiger partial charge on any atom is 0.378 e. The minimum Gasteiger partial charge on any atom is -0.460 e. The summed E-state index contributed by atoms with van der Waals surface area (Å²) in [4.78, 5) is 25.7. The van der Waals surface area contributed by atoms with Crippen LogP contribution in [0.15, 0.2) is 0 Å². The Labute approximate surface area is 117 Å². The van der Waals surface area contributed by atoms with E-state index < -0.39 is 5.97 Å². The number of piperidine rings is 1. The molecule has 1 aliphatic heterocycles. The molecule has 1 atom stereocenters. The van der Waals surface area contributed by atoms with Crippen LogP contribution < -0.4 is 0 Å². The Kier molecular flexibility index (Phi) is 4.65.